The first-order valence-corrected chi connectivity index (χ1v) is 10.8. The molecule has 0 fully saturated rings. The summed E-state index contributed by atoms with van der Waals surface area (Å²) in [6.07, 6.45) is 3.11. The van der Waals surface area contributed by atoms with Gasteiger partial charge >= 0.3 is 6.03 Å². The lowest BCUT2D eigenvalue weighted by atomic mass is 9.88. The summed E-state index contributed by atoms with van der Waals surface area (Å²) in [6.45, 7) is 5.92. The van der Waals surface area contributed by atoms with Gasteiger partial charge in [-0.2, -0.15) is 0 Å². The Kier molecular flexibility index (Phi) is 6.00. The summed E-state index contributed by atoms with van der Waals surface area (Å²) in [5, 5.41) is 6.02. The highest BCUT2D eigenvalue weighted by Gasteiger charge is 2.22. The monoisotopic (exact) mass is 384 g/mol. The van der Waals surface area contributed by atoms with Crippen molar-refractivity contribution in [2.75, 3.05) is 5.32 Å². The lowest BCUT2D eigenvalue weighted by Gasteiger charge is -2.26. The molecule has 0 saturated heterocycles. The van der Waals surface area contributed by atoms with Gasteiger partial charge in [-0.1, -0.05) is 36.4 Å². The van der Waals surface area contributed by atoms with Gasteiger partial charge < -0.3 is 10.6 Å². The largest absolute Gasteiger partial charge is 0.331 e. The predicted molar refractivity (Wildman–Crippen MR) is 112 cm³/mol. The van der Waals surface area contributed by atoms with E-state index in [0.29, 0.717) is 5.75 Å². The van der Waals surface area contributed by atoms with E-state index in [1.165, 1.54) is 11.1 Å². The van der Waals surface area contributed by atoms with Crippen LogP contribution in [0.3, 0.4) is 0 Å². The van der Waals surface area contributed by atoms with Crippen LogP contribution in [0.5, 0.6) is 0 Å². The Hall–Kier alpha value is -2.14. The van der Waals surface area contributed by atoms with Gasteiger partial charge in [0, 0.05) is 27.0 Å². The molecule has 0 spiro atoms. The summed E-state index contributed by atoms with van der Waals surface area (Å²) >= 11 is 0. The number of fused-ring (bicyclic) bond motifs is 1. The zero-order valence-corrected chi connectivity index (χ0v) is 17.1. The molecule has 2 atom stereocenters. The van der Waals surface area contributed by atoms with Crippen LogP contribution in [0.4, 0.5) is 10.5 Å². The van der Waals surface area contributed by atoms with Crippen LogP contribution >= 0.6 is 0 Å². The van der Waals surface area contributed by atoms with Crippen LogP contribution in [-0.4, -0.2) is 15.0 Å². The van der Waals surface area contributed by atoms with Gasteiger partial charge in [-0.25, -0.2) is 4.79 Å². The molecule has 0 aromatic heterocycles. The van der Waals surface area contributed by atoms with Gasteiger partial charge in [0.05, 0.1) is 6.04 Å². The summed E-state index contributed by atoms with van der Waals surface area (Å²) in [5.41, 5.74) is 4.22. The minimum absolute atomic E-state index is 0.0477. The van der Waals surface area contributed by atoms with Crippen molar-refractivity contribution in [3.8, 4) is 0 Å². The van der Waals surface area contributed by atoms with Crippen molar-refractivity contribution in [3.05, 3.63) is 65.2 Å². The second-order valence-corrected chi connectivity index (χ2v) is 10.2. The Morgan fingerprint density at radius 1 is 1.15 bits per heavy atom. The molecule has 2 aromatic carbocycles. The summed E-state index contributed by atoms with van der Waals surface area (Å²) < 4.78 is 12.1. The summed E-state index contributed by atoms with van der Waals surface area (Å²) in [6, 6.07) is 15.8. The molecule has 2 aromatic rings. The highest BCUT2D eigenvalue weighted by Crippen LogP contribution is 2.29. The highest BCUT2D eigenvalue weighted by molar-refractivity contribution is 7.85. The second-order valence-electron chi connectivity index (χ2n) is 8.04. The molecule has 2 amide bonds. The molecule has 1 aliphatic rings. The predicted octanol–water partition coefficient (Wildman–Crippen LogP) is 4.93. The normalized spacial score (nSPS) is 17.7. The number of hydrogen-bond acceptors (Lipinski definition) is 2. The van der Waals surface area contributed by atoms with Crippen LogP contribution in [0.15, 0.2) is 48.5 Å². The number of amides is 2. The quantitative estimate of drug-likeness (QED) is 0.785. The fourth-order valence-electron chi connectivity index (χ4n) is 3.34. The van der Waals surface area contributed by atoms with Crippen molar-refractivity contribution >= 4 is 22.5 Å². The zero-order valence-electron chi connectivity index (χ0n) is 16.2. The number of benzene rings is 2. The molecule has 3 rings (SSSR count). The number of aryl methyl sites for hydroxylation is 1. The van der Waals surface area contributed by atoms with E-state index >= 15 is 0 Å². The SMILES string of the molecule is CC(C)(C)S(=O)Cc1cccc(NC(=O)NC2CCCc3ccccc32)c1. The maximum Gasteiger partial charge on any atom is 0.319 e. The van der Waals surface area contributed by atoms with Crippen molar-refractivity contribution in [1.82, 2.24) is 5.32 Å². The molecule has 1 aliphatic carbocycles. The van der Waals surface area contributed by atoms with Gasteiger partial charge in [0.1, 0.15) is 0 Å². The second kappa shape index (κ2) is 8.26. The highest BCUT2D eigenvalue weighted by atomic mass is 32.2. The molecule has 2 N–H and O–H groups in total. The Balaban J connectivity index is 1.64. The van der Waals surface area contributed by atoms with Crippen molar-refractivity contribution < 1.29 is 9.00 Å². The Morgan fingerprint density at radius 2 is 1.93 bits per heavy atom. The first-order chi connectivity index (χ1) is 12.8. The van der Waals surface area contributed by atoms with E-state index in [0.717, 1.165) is 30.5 Å². The average Bonchev–Trinajstić information content (AvgIpc) is 2.61. The van der Waals surface area contributed by atoms with Crippen LogP contribution < -0.4 is 10.6 Å². The molecule has 0 aliphatic heterocycles. The Labute approximate surface area is 164 Å². The first-order valence-electron chi connectivity index (χ1n) is 9.46. The van der Waals surface area contributed by atoms with Crippen molar-refractivity contribution in [2.45, 2.75) is 56.6 Å². The van der Waals surface area contributed by atoms with Crippen molar-refractivity contribution in [2.24, 2.45) is 0 Å². The minimum atomic E-state index is -0.968. The van der Waals surface area contributed by atoms with E-state index in [1.807, 2.05) is 57.2 Å². The molecule has 5 heteroatoms. The molecule has 0 bridgehead atoms. The Morgan fingerprint density at radius 3 is 2.70 bits per heavy atom. The third-order valence-electron chi connectivity index (χ3n) is 4.84. The molecule has 0 radical (unpaired) electrons. The van der Waals surface area contributed by atoms with E-state index in [1.54, 1.807) is 0 Å². The molecule has 144 valence electrons. The number of anilines is 1. The molecule has 4 nitrogen and oxygen atoms in total. The first kappa shape index (κ1) is 19.6. The van der Waals surface area contributed by atoms with E-state index in [2.05, 4.69) is 22.8 Å². The molecular formula is C22H28N2O2S. The van der Waals surface area contributed by atoms with Gasteiger partial charge in [0.2, 0.25) is 0 Å². The van der Waals surface area contributed by atoms with E-state index in [-0.39, 0.29) is 16.8 Å². The van der Waals surface area contributed by atoms with E-state index in [9.17, 15) is 9.00 Å². The molecule has 2 unspecified atom stereocenters. The maximum atomic E-state index is 12.5. The van der Waals surface area contributed by atoms with Crippen LogP contribution in [0.25, 0.3) is 0 Å². The van der Waals surface area contributed by atoms with Gasteiger partial charge in [-0.15, -0.1) is 0 Å². The molecule has 0 saturated carbocycles. The van der Waals surface area contributed by atoms with Crippen LogP contribution in [0, 0.1) is 0 Å². The fourth-order valence-corrected chi connectivity index (χ4v) is 4.25. The van der Waals surface area contributed by atoms with E-state index < -0.39 is 10.8 Å². The number of nitrogens with one attached hydrogen (secondary N) is 2. The molecular weight excluding hydrogens is 356 g/mol. The van der Waals surface area contributed by atoms with E-state index in [4.69, 9.17) is 0 Å². The van der Waals surface area contributed by atoms with Gasteiger partial charge in [0.15, 0.2) is 0 Å². The number of hydrogen-bond donors (Lipinski definition) is 2. The average molecular weight is 385 g/mol. The van der Waals surface area contributed by atoms with Gasteiger partial charge in [-0.3, -0.25) is 4.21 Å². The zero-order chi connectivity index (χ0) is 19.4. The third-order valence-corrected chi connectivity index (χ3v) is 6.80. The maximum absolute atomic E-state index is 12.5. The lowest BCUT2D eigenvalue weighted by Crippen LogP contribution is -2.34. The third kappa shape index (κ3) is 5.19. The van der Waals surface area contributed by atoms with Crippen molar-refractivity contribution in [3.63, 3.8) is 0 Å². The number of carbonyl (C=O) groups excluding carboxylic acids is 1. The van der Waals surface area contributed by atoms with Crippen LogP contribution in [0.2, 0.25) is 0 Å². The molecule has 0 heterocycles. The number of rotatable bonds is 4. The summed E-state index contributed by atoms with van der Waals surface area (Å²) in [4.78, 5) is 12.5. The standard InChI is InChI=1S/C22H28N2O2S/c1-22(2,3)27(26)15-16-8-6-11-18(14-16)23-21(25)24-20-13-7-10-17-9-4-5-12-19(17)20/h4-6,8-9,11-12,14,20H,7,10,13,15H2,1-3H3,(H2,23,24,25). The fraction of sp³-hybridized carbons (Fsp3) is 0.409. The minimum Gasteiger partial charge on any atom is -0.331 e. The van der Waals surface area contributed by atoms with Crippen LogP contribution in [0.1, 0.15) is 56.3 Å². The lowest BCUT2D eigenvalue weighted by molar-refractivity contribution is 0.247. The Bertz CT molecular complexity index is 842. The summed E-state index contributed by atoms with van der Waals surface area (Å²) in [5.74, 6) is 0.483. The topological polar surface area (TPSA) is 58.2 Å². The number of urea groups is 1. The van der Waals surface area contributed by atoms with Gasteiger partial charge in [0.25, 0.3) is 0 Å². The van der Waals surface area contributed by atoms with Crippen molar-refractivity contribution in [1.29, 1.82) is 0 Å². The number of carbonyl (C=O) groups is 1. The van der Waals surface area contributed by atoms with Crippen LogP contribution in [-0.2, 0) is 23.0 Å². The summed E-state index contributed by atoms with van der Waals surface area (Å²) in [7, 11) is -0.968. The molecule has 27 heavy (non-hydrogen) atoms. The van der Waals surface area contributed by atoms with Gasteiger partial charge in [-0.05, 0) is 68.9 Å². The smallest absolute Gasteiger partial charge is 0.319 e.